The predicted molar refractivity (Wildman–Crippen MR) is 242 cm³/mol. The zero-order valence-electron chi connectivity index (χ0n) is 32.2. The fraction of sp³-hybridized carbons (Fsp3) is 0.0179. The maximum atomic E-state index is 4.99. The molecule has 0 fully saturated rings. The third-order valence-corrected chi connectivity index (χ3v) is 11.8. The van der Waals surface area contributed by atoms with Crippen molar-refractivity contribution in [3.05, 3.63) is 247 Å². The van der Waals surface area contributed by atoms with Crippen LogP contribution in [-0.2, 0) is 5.41 Å². The summed E-state index contributed by atoms with van der Waals surface area (Å²) < 4.78 is 0. The molecule has 0 amide bonds. The van der Waals surface area contributed by atoms with E-state index in [-0.39, 0.29) is 0 Å². The highest BCUT2D eigenvalue weighted by Gasteiger charge is 2.46. The van der Waals surface area contributed by atoms with Crippen LogP contribution >= 0.6 is 0 Å². The third-order valence-electron chi connectivity index (χ3n) is 11.8. The number of hydrogen-bond donors (Lipinski definition) is 0. The van der Waals surface area contributed by atoms with E-state index < -0.39 is 5.41 Å². The predicted octanol–water partition coefficient (Wildman–Crippen LogP) is 13.7. The van der Waals surface area contributed by atoms with Crippen molar-refractivity contribution < 1.29 is 0 Å². The molecule has 1 aliphatic rings. The number of rotatable bonds is 7. The van der Waals surface area contributed by atoms with Crippen LogP contribution < -0.4 is 0 Å². The van der Waals surface area contributed by atoms with E-state index in [1.54, 1.807) is 0 Å². The summed E-state index contributed by atoms with van der Waals surface area (Å²) in [6.07, 6.45) is 0. The summed E-state index contributed by atoms with van der Waals surface area (Å²) in [7, 11) is 0. The summed E-state index contributed by atoms with van der Waals surface area (Å²) in [5.41, 5.74) is 14.7. The van der Waals surface area contributed by atoms with Gasteiger partial charge >= 0.3 is 0 Å². The normalized spacial score (nSPS) is 12.5. The Labute approximate surface area is 344 Å². The van der Waals surface area contributed by atoms with Gasteiger partial charge in [-0.1, -0.05) is 206 Å². The van der Waals surface area contributed by atoms with Gasteiger partial charge in [-0.15, -0.1) is 0 Å². The summed E-state index contributed by atoms with van der Waals surface area (Å²) in [6, 6.07) is 80.2. The average molecular weight is 752 g/mol. The SMILES string of the molecule is c1ccc(-c2nc(-c3ccccc3)nc(-c3cccc(-c4cccc(-c5ccc6c7c(ccc6c5)-c5ccccc5C7(c5ccccc5)c5ccccc5)c4)c3)n2)cc1. The first-order valence-corrected chi connectivity index (χ1v) is 20.1. The Balaban J connectivity index is 1.01. The van der Waals surface area contributed by atoms with Crippen LogP contribution in [0.15, 0.2) is 224 Å². The smallest absolute Gasteiger partial charge is 0.164 e. The lowest BCUT2D eigenvalue weighted by Crippen LogP contribution is -2.28. The van der Waals surface area contributed by atoms with E-state index in [9.17, 15) is 0 Å². The topological polar surface area (TPSA) is 38.7 Å². The van der Waals surface area contributed by atoms with Gasteiger partial charge in [0.05, 0.1) is 5.41 Å². The fourth-order valence-electron chi connectivity index (χ4n) is 9.11. The van der Waals surface area contributed by atoms with E-state index in [0.717, 1.165) is 33.4 Å². The zero-order valence-corrected chi connectivity index (χ0v) is 32.2. The molecule has 0 saturated heterocycles. The minimum Gasteiger partial charge on any atom is -0.208 e. The molecular formula is C56H37N3. The molecule has 0 spiro atoms. The van der Waals surface area contributed by atoms with Gasteiger partial charge in [0.2, 0.25) is 0 Å². The van der Waals surface area contributed by atoms with E-state index >= 15 is 0 Å². The largest absolute Gasteiger partial charge is 0.208 e. The zero-order chi connectivity index (χ0) is 39.2. The van der Waals surface area contributed by atoms with Crippen LogP contribution in [0.5, 0.6) is 0 Å². The lowest BCUT2D eigenvalue weighted by Gasteiger charge is -2.34. The Kier molecular flexibility index (Phi) is 8.37. The number of hydrogen-bond acceptors (Lipinski definition) is 3. The maximum absolute atomic E-state index is 4.99. The van der Waals surface area contributed by atoms with Gasteiger partial charge in [0, 0.05) is 16.7 Å². The van der Waals surface area contributed by atoms with Crippen molar-refractivity contribution in [1.29, 1.82) is 0 Å². The molecule has 3 heteroatoms. The molecule has 9 aromatic carbocycles. The number of nitrogens with zero attached hydrogens (tertiary/aromatic N) is 3. The molecule has 0 N–H and O–H groups in total. The van der Waals surface area contributed by atoms with Crippen molar-refractivity contribution in [3.8, 4) is 67.5 Å². The number of fused-ring (bicyclic) bond motifs is 5. The van der Waals surface area contributed by atoms with Crippen molar-refractivity contribution in [3.63, 3.8) is 0 Å². The van der Waals surface area contributed by atoms with E-state index in [1.165, 1.54) is 49.7 Å². The Hall–Kier alpha value is -7.75. The monoisotopic (exact) mass is 751 g/mol. The van der Waals surface area contributed by atoms with Crippen LogP contribution in [0.4, 0.5) is 0 Å². The molecule has 3 nitrogen and oxygen atoms in total. The molecule has 0 radical (unpaired) electrons. The fourth-order valence-corrected chi connectivity index (χ4v) is 9.11. The summed E-state index contributed by atoms with van der Waals surface area (Å²) in [5.74, 6) is 1.94. The highest BCUT2D eigenvalue weighted by Crippen LogP contribution is 2.58. The molecule has 11 rings (SSSR count). The van der Waals surface area contributed by atoms with E-state index in [1.807, 2.05) is 60.7 Å². The standard InChI is InChI=1S/C56H37N3/c1-5-17-38(18-6-1)53-57-54(39-19-7-2-8-20-39)59-55(58-53)45-24-16-23-42(37-45)40-21-15-22-41(35-40)43-31-33-48-44(36-43)32-34-50-49-29-13-14-30-51(49)56(52(48)50,46-25-9-3-10-26-46)47-27-11-4-12-28-47/h1-37H. The van der Waals surface area contributed by atoms with Gasteiger partial charge in [-0.25, -0.2) is 15.0 Å². The quantitative estimate of drug-likeness (QED) is 0.163. The van der Waals surface area contributed by atoms with Crippen LogP contribution in [0.1, 0.15) is 22.3 Å². The second kappa shape index (κ2) is 14.3. The van der Waals surface area contributed by atoms with Gasteiger partial charge in [-0.3, -0.25) is 0 Å². The highest BCUT2D eigenvalue weighted by atomic mass is 15.0. The first kappa shape index (κ1) is 34.5. The van der Waals surface area contributed by atoms with Crippen LogP contribution in [0, 0.1) is 0 Å². The Morgan fingerprint density at radius 3 is 1.31 bits per heavy atom. The Morgan fingerprint density at radius 2 is 0.729 bits per heavy atom. The number of benzene rings is 9. The second-order valence-corrected chi connectivity index (χ2v) is 15.2. The molecule has 276 valence electrons. The molecule has 10 aromatic rings. The minimum absolute atomic E-state index is 0.456. The van der Waals surface area contributed by atoms with Gasteiger partial charge in [0.1, 0.15) is 0 Å². The Morgan fingerprint density at radius 1 is 0.288 bits per heavy atom. The first-order chi connectivity index (χ1) is 29.2. The third kappa shape index (κ3) is 5.86. The van der Waals surface area contributed by atoms with Crippen LogP contribution in [0.3, 0.4) is 0 Å². The van der Waals surface area contributed by atoms with E-state index in [4.69, 9.17) is 15.0 Å². The molecule has 1 heterocycles. The number of aromatic nitrogens is 3. The molecule has 0 saturated carbocycles. The van der Waals surface area contributed by atoms with Gasteiger partial charge in [0.25, 0.3) is 0 Å². The first-order valence-electron chi connectivity index (χ1n) is 20.1. The summed E-state index contributed by atoms with van der Waals surface area (Å²) in [4.78, 5) is 14.9. The summed E-state index contributed by atoms with van der Waals surface area (Å²) in [5, 5.41) is 2.48. The molecular weight excluding hydrogens is 715 g/mol. The van der Waals surface area contributed by atoms with Crippen molar-refractivity contribution in [2.24, 2.45) is 0 Å². The molecule has 0 aliphatic heterocycles. The van der Waals surface area contributed by atoms with Crippen molar-refractivity contribution in [2.75, 3.05) is 0 Å². The summed E-state index contributed by atoms with van der Waals surface area (Å²) in [6.45, 7) is 0. The highest BCUT2D eigenvalue weighted by molar-refractivity contribution is 6.01. The van der Waals surface area contributed by atoms with Crippen LogP contribution in [-0.4, -0.2) is 15.0 Å². The molecule has 59 heavy (non-hydrogen) atoms. The van der Waals surface area contributed by atoms with Crippen molar-refractivity contribution in [2.45, 2.75) is 5.41 Å². The summed E-state index contributed by atoms with van der Waals surface area (Å²) >= 11 is 0. The lowest BCUT2D eigenvalue weighted by atomic mass is 9.66. The van der Waals surface area contributed by atoms with Crippen LogP contribution in [0.25, 0.3) is 78.3 Å². The van der Waals surface area contributed by atoms with Crippen LogP contribution in [0.2, 0.25) is 0 Å². The van der Waals surface area contributed by atoms with Crippen molar-refractivity contribution >= 4 is 10.8 Å². The van der Waals surface area contributed by atoms with Gasteiger partial charge < -0.3 is 0 Å². The molecule has 0 bridgehead atoms. The van der Waals surface area contributed by atoms with Crippen molar-refractivity contribution in [1.82, 2.24) is 15.0 Å². The molecule has 0 atom stereocenters. The minimum atomic E-state index is -0.456. The Bertz CT molecular complexity index is 3040. The maximum Gasteiger partial charge on any atom is 0.164 e. The average Bonchev–Trinajstić information content (AvgIpc) is 3.64. The molecule has 1 aromatic heterocycles. The second-order valence-electron chi connectivity index (χ2n) is 15.2. The van der Waals surface area contributed by atoms with Gasteiger partial charge in [-0.05, 0) is 84.6 Å². The lowest BCUT2D eigenvalue weighted by molar-refractivity contribution is 0.775. The molecule has 1 aliphatic carbocycles. The van der Waals surface area contributed by atoms with E-state index in [2.05, 4.69) is 164 Å². The van der Waals surface area contributed by atoms with Gasteiger partial charge in [-0.2, -0.15) is 0 Å². The van der Waals surface area contributed by atoms with Gasteiger partial charge in [0.15, 0.2) is 17.5 Å². The van der Waals surface area contributed by atoms with E-state index in [0.29, 0.717) is 17.5 Å². The molecule has 0 unspecified atom stereocenters.